The number of nitrogens with zero attached hydrogens (tertiary/aromatic N) is 4. The normalized spacial score (nSPS) is 13.2. The van der Waals surface area contributed by atoms with Gasteiger partial charge in [0.25, 0.3) is 0 Å². The van der Waals surface area contributed by atoms with Gasteiger partial charge in [0, 0.05) is 43.0 Å². The van der Waals surface area contributed by atoms with E-state index in [1.807, 2.05) is 43.3 Å². The Morgan fingerprint density at radius 2 is 1.75 bits per heavy atom. The van der Waals surface area contributed by atoms with Crippen LogP contribution >= 0.6 is 11.6 Å². The summed E-state index contributed by atoms with van der Waals surface area (Å²) in [5, 5.41) is 38.0. The number of carboxylic acids is 3. The molecule has 44 heavy (non-hydrogen) atoms. The molecule has 2 aromatic heterocycles. The number of carboxylic acid groups (broad SMARTS) is 3. The summed E-state index contributed by atoms with van der Waals surface area (Å²) in [5.74, 6) is -2.64. The number of fused-ring (bicyclic) bond motifs is 1. The monoisotopic (exact) mass is 627 g/mol. The highest BCUT2D eigenvalue weighted by Crippen LogP contribution is 2.27. The van der Waals surface area contributed by atoms with Crippen molar-refractivity contribution in [2.45, 2.75) is 44.9 Å². The van der Waals surface area contributed by atoms with E-state index >= 15 is 0 Å². The molecule has 0 saturated heterocycles. The molecule has 0 radical (unpaired) electrons. The lowest BCUT2D eigenvalue weighted by Crippen LogP contribution is -2.42. The number of hydrogen-bond acceptors (Lipinski definition) is 10. The first-order valence-electron chi connectivity index (χ1n) is 13.5. The van der Waals surface area contributed by atoms with Crippen LogP contribution in [0.4, 0.5) is 5.82 Å². The van der Waals surface area contributed by atoms with E-state index in [-0.39, 0.29) is 0 Å². The number of benzene rings is 1. The number of allylic oxidation sites excluding steroid dienone is 1. The van der Waals surface area contributed by atoms with E-state index in [1.165, 1.54) is 11.1 Å². The van der Waals surface area contributed by atoms with Gasteiger partial charge in [0.2, 0.25) is 0 Å². The second-order valence-electron chi connectivity index (χ2n) is 9.99. The van der Waals surface area contributed by atoms with Crippen LogP contribution < -0.4 is 10.1 Å². The molecule has 0 bridgehead atoms. The quantitative estimate of drug-likeness (QED) is 0.196. The number of aliphatic hydroxyl groups is 1. The summed E-state index contributed by atoms with van der Waals surface area (Å²) in [6.45, 7) is 5.07. The fourth-order valence-electron chi connectivity index (χ4n) is 4.37. The van der Waals surface area contributed by atoms with Gasteiger partial charge in [0.15, 0.2) is 11.4 Å². The fraction of sp³-hybridized carbons (Fsp3) is 0.333. The minimum absolute atomic E-state index is 0.621. The standard InChI is InChI=1S/C24H26ClN5O.C6H8O7/c1-17(25)10-13-27-23-20-11-14-30(15-18-6-8-19(31-2)9-7-18)16-22(20)28-24(29-23)21-5-3-4-12-26-21;7-3(8)1-6(13,5(11)12)2-4(9)10/h3-10,12H,11,13-16H2,1-2H3,(H,27,28,29);13H,1-2H2,(H,7,8)(H,9,10)(H,11,12)/b17-10-;. The molecule has 1 aliphatic rings. The lowest BCUT2D eigenvalue weighted by molar-refractivity contribution is -0.170. The van der Waals surface area contributed by atoms with Crippen LogP contribution in [0, 0.1) is 0 Å². The molecule has 0 atom stereocenters. The van der Waals surface area contributed by atoms with Crippen LogP contribution in [0.2, 0.25) is 0 Å². The van der Waals surface area contributed by atoms with E-state index < -0.39 is 36.4 Å². The number of halogens is 1. The number of rotatable bonds is 12. The van der Waals surface area contributed by atoms with Crippen LogP contribution in [0.25, 0.3) is 11.5 Å². The Morgan fingerprint density at radius 1 is 1.07 bits per heavy atom. The number of pyridine rings is 1. The zero-order chi connectivity index (χ0) is 32.3. The van der Waals surface area contributed by atoms with Gasteiger partial charge in [0.1, 0.15) is 17.3 Å². The van der Waals surface area contributed by atoms with Crippen molar-refractivity contribution in [1.82, 2.24) is 19.9 Å². The SMILES string of the molecule is COc1ccc(CN2CCc3c(nc(-c4ccccn4)nc3NC/C=C(/C)Cl)C2)cc1.O=C(O)CC(O)(CC(=O)O)C(=O)O. The molecule has 3 heterocycles. The Balaban J connectivity index is 0.000000345. The van der Waals surface area contributed by atoms with Gasteiger partial charge in [-0.25, -0.2) is 14.8 Å². The van der Waals surface area contributed by atoms with Gasteiger partial charge < -0.3 is 30.5 Å². The number of carbonyl (C=O) groups is 3. The minimum atomic E-state index is -2.74. The van der Waals surface area contributed by atoms with E-state index in [9.17, 15) is 14.4 Å². The highest BCUT2D eigenvalue weighted by atomic mass is 35.5. The predicted molar refractivity (Wildman–Crippen MR) is 161 cm³/mol. The van der Waals surface area contributed by atoms with Crippen LogP contribution in [0.3, 0.4) is 0 Å². The molecule has 0 amide bonds. The highest BCUT2D eigenvalue weighted by Gasteiger charge is 2.40. The van der Waals surface area contributed by atoms with E-state index in [2.05, 4.69) is 27.3 Å². The maximum absolute atomic E-state index is 10.3. The predicted octanol–water partition coefficient (Wildman–Crippen LogP) is 3.41. The van der Waals surface area contributed by atoms with Crippen LogP contribution in [-0.4, -0.2) is 84.0 Å². The van der Waals surface area contributed by atoms with Crippen molar-refractivity contribution >= 4 is 35.3 Å². The second-order valence-corrected chi connectivity index (χ2v) is 10.6. The fourth-order valence-corrected chi connectivity index (χ4v) is 4.44. The Kier molecular flexibility index (Phi) is 12.1. The molecular weight excluding hydrogens is 594 g/mol. The van der Waals surface area contributed by atoms with Crippen LogP contribution in [-0.2, 0) is 33.9 Å². The summed E-state index contributed by atoms with van der Waals surface area (Å²) in [6, 6.07) is 14.0. The van der Waals surface area contributed by atoms with Crippen molar-refractivity contribution in [3.8, 4) is 17.3 Å². The molecule has 0 spiro atoms. The van der Waals surface area contributed by atoms with Gasteiger partial charge >= 0.3 is 17.9 Å². The van der Waals surface area contributed by atoms with Crippen molar-refractivity contribution in [2.24, 2.45) is 0 Å². The summed E-state index contributed by atoms with van der Waals surface area (Å²) < 4.78 is 5.27. The van der Waals surface area contributed by atoms with E-state index in [4.69, 9.17) is 46.7 Å². The number of methoxy groups -OCH3 is 1. The molecule has 234 valence electrons. The third kappa shape index (κ3) is 10.0. The molecule has 14 heteroatoms. The molecule has 3 aromatic rings. The smallest absolute Gasteiger partial charge is 0.336 e. The molecule has 1 aromatic carbocycles. The first-order valence-corrected chi connectivity index (χ1v) is 13.9. The summed E-state index contributed by atoms with van der Waals surface area (Å²) >= 11 is 5.99. The molecule has 1 aliphatic heterocycles. The summed E-state index contributed by atoms with van der Waals surface area (Å²) in [7, 11) is 1.69. The van der Waals surface area contributed by atoms with Gasteiger partial charge in [-0.2, -0.15) is 0 Å². The highest BCUT2D eigenvalue weighted by molar-refractivity contribution is 6.29. The third-order valence-corrected chi connectivity index (χ3v) is 6.70. The average Bonchev–Trinajstić information content (AvgIpc) is 2.97. The lowest BCUT2D eigenvalue weighted by atomic mass is 9.96. The number of aliphatic carboxylic acids is 3. The topological polar surface area (TPSA) is 195 Å². The number of ether oxygens (including phenoxy) is 1. The Bertz CT molecular complexity index is 1460. The molecule has 0 fully saturated rings. The second kappa shape index (κ2) is 15.8. The molecule has 13 nitrogen and oxygen atoms in total. The molecule has 0 unspecified atom stereocenters. The van der Waals surface area contributed by atoms with Gasteiger partial charge in [0.05, 0.1) is 25.6 Å². The summed E-state index contributed by atoms with van der Waals surface area (Å²) in [4.78, 5) is 47.0. The van der Waals surface area contributed by atoms with Crippen molar-refractivity contribution in [3.63, 3.8) is 0 Å². The zero-order valence-corrected chi connectivity index (χ0v) is 25.0. The van der Waals surface area contributed by atoms with Crippen molar-refractivity contribution in [3.05, 3.63) is 76.6 Å². The first-order chi connectivity index (χ1) is 20.9. The van der Waals surface area contributed by atoms with Crippen LogP contribution in [0.5, 0.6) is 5.75 Å². The van der Waals surface area contributed by atoms with Crippen LogP contribution in [0.1, 0.15) is 36.6 Å². The Hall–Kier alpha value is -4.59. The summed E-state index contributed by atoms with van der Waals surface area (Å²) in [6.07, 6.45) is 2.30. The molecular formula is C30H34ClN5O8. The Labute approximate surface area is 258 Å². The van der Waals surface area contributed by atoms with Gasteiger partial charge in [-0.1, -0.05) is 35.9 Å². The summed E-state index contributed by atoms with van der Waals surface area (Å²) in [5.41, 5.74) is 1.50. The van der Waals surface area contributed by atoms with E-state index in [0.717, 1.165) is 54.0 Å². The third-order valence-electron chi connectivity index (χ3n) is 6.54. The first kappa shape index (κ1) is 33.9. The number of aromatic nitrogens is 3. The molecule has 0 aliphatic carbocycles. The largest absolute Gasteiger partial charge is 0.497 e. The molecule has 0 saturated carbocycles. The van der Waals surface area contributed by atoms with Gasteiger partial charge in [-0.05, 0) is 43.2 Å². The number of nitrogens with one attached hydrogen (secondary N) is 1. The van der Waals surface area contributed by atoms with E-state index in [0.29, 0.717) is 12.4 Å². The van der Waals surface area contributed by atoms with Crippen molar-refractivity contribution in [1.29, 1.82) is 0 Å². The van der Waals surface area contributed by atoms with Crippen molar-refractivity contribution in [2.75, 3.05) is 25.5 Å². The van der Waals surface area contributed by atoms with Crippen LogP contribution in [0.15, 0.2) is 59.8 Å². The number of anilines is 1. The maximum Gasteiger partial charge on any atom is 0.336 e. The van der Waals surface area contributed by atoms with Gasteiger partial charge in [-0.3, -0.25) is 19.5 Å². The minimum Gasteiger partial charge on any atom is -0.497 e. The molecule has 5 N–H and O–H groups in total. The maximum atomic E-state index is 10.3. The number of hydrogen-bond donors (Lipinski definition) is 5. The average molecular weight is 628 g/mol. The van der Waals surface area contributed by atoms with Crippen molar-refractivity contribution < 1.29 is 39.5 Å². The van der Waals surface area contributed by atoms with Gasteiger partial charge in [-0.15, -0.1) is 0 Å². The zero-order valence-electron chi connectivity index (χ0n) is 24.2. The molecule has 4 rings (SSSR count). The Morgan fingerprint density at radius 3 is 2.30 bits per heavy atom. The van der Waals surface area contributed by atoms with E-state index in [1.54, 1.807) is 13.3 Å². The lowest BCUT2D eigenvalue weighted by Gasteiger charge is -2.29.